The fourth-order valence-electron chi connectivity index (χ4n) is 1.28. The van der Waals surface area contributed by atoms with Crippen LogP contribution in [0.15, 0.2) is 0 Å². The summed E-state index contributed by atoms with van der Waals surface area (Å²) in [6.45, 7) is 3.27. The van der Waals surface area contributed by atoms with Crippen LogP contribution in [0.2, 0.25) is 0 Å². The first-order valence-electron chi connectivity index (χ1n) is 4.87. The van der Waals surface area contributed by atoms with E-state index in [9.17, 15) is 14.7 Å². The Morgan fingerprint density at radius 2 is 1.86 bits per heavy atom. The van der Waals surface area contributed by atoms with Crippen molar-refractivity contribution >= 4 is 23.2 Å². The number of carbonyl (C=O) groups is 2. The second-order valence-electron chi connectivity index (χ2n) is 3.21. The number of halogens is 1. The zero-order valence-electron chi connectivity index (χ0n) is 8.68. The SMILES string of the molecule is CCC(=O)[C@@](O)(CC)C(=O)CCCCl. The molecule has 0 unspecified atom stereocenters. The molecule has 0 radical (unpaired) electrons. The van der Waals surface area contributed by atoms with Crippen molar-refractivity contribution in [3.05, 3.63) is 0 Å². The number of hydrogen-bond donors (Lipinski definition) is 1. The minimum Gasteiger partial charge on any atom is -0.375 e. The molecule has 82 valence electrons. The van der Waals surface area contributed by atoms with Crippen molar-refractivity contribution < 1.29 is 14.7 Å². The lowest BCUT2D eigenvalue weighted by molar-refractivity contribution is -0.151. The van der Waals surface area contributed by atoms with Gasteiger partial charge in [-0.1, -0.05) is 13.8 Å². The molecule has 0 spiro atoms. The number of Topliss-reactive ketones (excluding diaryl/α,β-unsaturated/α-hetero) is 2. The molecule has 0 saturated carbocycles. The van der Waals surface area contributed by atoms with Crippen molar-refractivity contribution in [2.75, 3.05) is 5.88 Å². The third kappa shape index (κ3) is 3.07. The summed E-state index contributed by atoms with van der Waals surface area (Å²) in [6.07, 6.45) is 0.983. The predicted molar refractivity (Wildman–Crippen MR) is 55.5 cm³/mol. The third-order valence-corrected chi connectivity index (χ3v) is 2.56. The minimum atomic E-state index is -1.78. The topological polar surface area (TPSA) is 54.4 Å². The summed E-state index contributed by atoms with van der Waals surface area (Å²) in [5.41, 5.74) is -1.78. The largest absolute Gasteiger partial charge is 0.375 e. The van der Waals surface area contributed by atoms with Crippen LogP contribution in [-0.2, 0) is 9.59 Å². The van der Waals surface area contributed by atoms with E-state index in [1.807, 2.05) is 0 Å². The van der Waals surface area contributed by atoms with E-state index in [1.165, 1.54) is 0 Å². The fraction of sp³-hybridized carbons (Fsp3) is 0.800. The summed E-state index contributed by atoms with van der Waals surface area (Å²) in [7, 11) is 0. The zero-order valence-corrected chi connectivity index (χ0v) is 9.43. The molecule has 0 aliphatic carbocycles. The van der Waals surface area contributed by atoms with Crippen LogP contribution in [0.25, 0.3) is 0 Å². The monoisotopic (exact) mass is 220 g/mol. The van der Waals surface area contributed by atoms with Crippen LogP contribution in [0.1, 0.15) is 39.5 Å². The van der Waals surface area contributed by atoms with Gasteiger partial charge in [0.15, 0.2) is 17.2 Å². The van der Waals surface area contributed by atoms with Crippen LogP contribution in [0.3, 0.4) is 0 Å². The molecule has 1 N–H and O–H groups in total. The van der Waals surface area contributed by atoms with Gasteiger partial charge in [-0.15, -0.1) is 11.6 Å². The van der Waals surface area contributed by atoms with Crippen molar-refractivity contribution in [1.29, 1.82) is 0 Å². The summed E-state index contributed by atoms with van der Waals surface area (Å²) in [5.74, 6) is -0.446. The van der Waals surface area contributed by atoms with Gasteiger partial charge in [-0.25, -0.2) is 0 Å². The van der Waals surface area contributed by atoms with Crippen LogP contribution < -0.4 is 0 Å². The normalized spacial score (nSPS) is 14.9. The first-order valence-corrected chi connectivity index (χ1v) is 5.41. The van der Waals surface area contributed by atoms with Crippen molar-refractivity contribution in [1.82, 2.24) is 0 Å². The summed E-state index contributed by atoms with van der Waals surface area (Å²) in [6, 6.07) is 0. The molecule has 0 aliphatic rings. The molecule has 0 saturated heterocycles. The van der Waals surface area contributed by atoms with Gasteiger partial charge >= 0.3 is 0 Å². The maximum atomic E-state index is 11.5. The number of alkyl halides is 1. The maximum absolute atomic E-state index is 11.5. The Kier molecular flexibility index (Phi) is 5.96. The van der Waals surface area contributed by atoms with Crippen molar-refractivity contribution in [3.63, 3.8) is 0 Å². The summed E-state index contributed by atoms with van der Waals surface area (Å²) < 4.78 is 0. The van der Waals surface area contributed by atoms with Gasteiger partial charge in [-0.3, -0.25) is 9.59 Å². The van der Waals surface area contributed by atoms with Crippen molar-refractivity contribution in [2.24, 2.45) is 0 Å². The van der Waals surface area contributed by atoms with E-state index in [-0.39, 0.29) is 19.3 Å². The molecule has 0 bridgehead atoms. The van der Waals surface area contributed by atoms with E-state index in [1.54, 1.807) is 13.8 Å². The third-order valence-electron chi connectivity index (χ3n) is 2.29. The van der Waals surface area contributed by atoms with Crippen molar-refractivity contribution in [2.45, 2.75) is 45.1 Å². The van der Waals surface area contributed by atoms with Gasteiger partial charge in [0.05, 0.1) is 0 Å². The Hall–Kier alpha value is -0.410. The minimum absolute atomic E-state index is 0.140. The molecule has 1 atom stereocenters. The first kappa shape index (κ1) is 13.6. The standard InChI is InChI=1S/C10H17ClO3/c1-3-8(12)10(14,4-2)9(13)6-5-7-11/h14H,3-7H2,1-2H3/t10-/m0/s1. The quantitative estimate of drug-likeness (QED) is 0.525. The molecular formula is C10H17ClO3. The second kappa shape index (κ2) is 6.14. The van der Waals surface area contributed by atoms with Crippen LogP contribution in [0, 0.1) is 0 Å². The Morgan fingerprint density at radius 1 is 1.29 bits per heavy atom. The van der Waals surface area contributed by atoms with Gasteiger partial charge in [-0.05, 0) is 12.8 Å². The van der Waals surface area contributed by atoms with E-state index in [4.69, 9.17) is 11.6 Å². The lowest BCUT2D eigenvalue weighted by atomic mass is 9.87. The number of ketones is 2. The Bertz CT molecular complexity index is 215. The van der Waals surface area contributed by atoms with Gasteiger partial charge in [0, 0.05) is 18.7 Å². The zero-order chi connectivity index (χ0) is 11.2. The number of carbonyl (C=O) groups excluding carboxylic acids is 2. The summed E-state index contributed by atoms with van der Waals surface area (Å²) in [4.78, 5) is 22.9. The predicted octanol–water partition coefficient (Wildman–Crippen LogP) is 1.69. The second-order valence-corrected chi connectivity index (χ2v) is 3.58. The highest BCUT2D eigenvalue weighted by atomic mass is 35.5. The van der Waals surface area contributed by atoms with Crippen LogP contribution >= 0.6 is 11.6 Å². The molecule has 0 fully saturated rings. The fourth-order valence-corrected chi connectivity index (χ4v) is 1.41. The number of rotatable bonds is 7. The van der Waals surface area contributed by atoms with Gasteiger partial charge in [0.25, 0.3) is 0 Å². The van der Waals surface area contributed by atoms with Gasteiger partial charge in [-0.2, -0.15) is 0 Å². The molecule has 0 aliphatic heterocycles. The Balaban J connectivity index is 4.51. The average Bonchev–Trinajstić information content (AvgIpc) is 2.23. The highest BCUT2D eigenvalue weighted by Gasteiger charge is 2.39. The Morgan fingerprint density at radius 3 is 2.21 bits per heavy atom. The number of hydrogen-bond acceptors (Lipinski definition) is 3. The maximum Gasteiger partial charge on any atom is 0.180 e. The van der Waals surface area contributed by atoms with Crippen molar-refractivity contribution in [3.8, 4) is 0 Å². The van der Waals surface area contributed by atoms with Gasteiger partial charge in [0.2, 0.25) is 0 Å². The van der Waals surface area contributed by atoms with E-state index < -0.39 is 17.2 Å². The molecule has 0 heterocycles. The summed E-state index contributed by atoms with van der Waals surface area (Å²) >= 11 is 5.43. The van der Waals surface area contributed by atoms with Gasteiger partial charge in [0.1, 0.15) is 0 Å². The first-order chi connectivity index (χ1) is 6.52. The van der Waals surface area contributed by atoms with E-state index in [0.717, 1.165) is 0 Å². The Labute approximate surface area is 89.4 Å². The van der Waals surface area contributed by atoms with Crippen LogP contribution in [0.4, 0.5) is 0 Å². The molecule has 0 aromatic carbocycles. The van der Waals surface area contributed by atoms with E-state index >= 15 is 0 Å². The van der Waals surface area contributed by atoms with E-state index in [2.05, 4.69) is 0 Å². The average molecular weight is 221 g/mol. The van der Waals surface area contributed by atoms with Crippen LogP contribution in [0.5, 0.6) is 0 Å². The molecular weight excluding hydrogens is 204 g/mol. The molecule has 3 nitrogen and oxygen atoms in total. The smallest absolute Gasteiger partial charge is 0.180 e. The molecule has 0 amide bonds. The highest BCUT2D eigenvalue weighted by Crippen LogP contribution is 2.17. The van der Waals surface area contributed by atoms with Crippen LogP contribution in [-0.4, -0.2) is 28.2 Å². The van der Waals surface area contributed by atoms with E-state index in [0.29, 0.717) is 12.3 Å². The lowest BCUT2D eigenvalue weighted by Crippen LogP contribution is -2.45. The highest BCUT2D eigenvalue weighted by molar-refractivity contribution is 6.18. The molecule has 4 heteroatoms. The molecule has 0 aromatic rings. The molecule has 14 heavy (non-hydrogen) atoms. The lowest BCUT2D eigenvalue weighted by Gasteiger charge is -2.22. The molecule has 0 aromatic heterocycles. The summed E-state index contributed by atoms with van der Waals surface area (Å²) in [5, 5.41) is 9.84. The number of aliphatic hydroxyl groups is 1. The van der Waals surface area contributed by atoms with Gasteiger partial charge < -0.3 is 5.11 Å². The molecule has 0 rings (SSSR count).